The molecule has 2 amide bonds. The predicted octanol–water partition coefficient (Wildman–Crippen LogP) is 4.46. The van der Waals surface area contributed by atoms with Crippen molar-refractivity contribution in [3.05, 3.63) is 55.5 Å². The molecule has 1 fully saturated rings. The number of carbonyl (C=O) groups excluding carboxylic acids is 2. The molecule has 2 N–H and O–H groups in total. The minimum absolute atomic E-state index is 0.193. The first-order valence-corrected chi connectivity index (χ1v) is 10.8. The lowest BCUT2D eigenvalue weighted by molar-refractivity contribution is -0.118. The van der Waals surface area contributed by atoms with Crippen LogP contribution in [0.3, 0.4) is 0 Å². The summed E-state index contributed by atoms with van der Waals surface area (Å²) in [6.45, 7) is -0.193. The first-order valence-electron chi connectivity index (χ1n) is 8.16. The van der Waals surface area contributed by atoms with Crippen molar-refractivity contribution in [1.82, 2.24) is 5.32 Å². The molecule has 150 valence electrons. The second-order valence-electron chi connectivity index (χ2n) is 5.73. The van der Waals surface area contributed by atoms with Gasteiger partial charge in [-0.25, -0.2) is 0 Å². The highest BCUT2D eigenvalue weighted by molar-refractivity contribution is 14.1. The van der Waals surface area contributed by atoms with E-state index < -0.39 is 0 Å². The largest absolute Gasteiger partial charge is 0.493 e. The van der Waals surface area contributed by atoms with Gasteiger partial charge in [-0.1, -0.05) is 35.6 Å². The number of anilines is 1. The van der Waals surface area contributed by atoms with Crippen molar-refractivity contribution in [2.75, 3.05) is 19.0 Å². The smallest absolute Gasteiger partial charge is 0.263 e. The van der Waals surface area contributed by atoms with Crippen LogP contribution in [-0.4, -0.2) is 29.9 Å². The van der Waals surface area contributed by atoms with Gasteiger partial charge in [-0.05, 0) is 70.6 Å². The fraction of sp³-hybridized carbons (Fsp3) is 0.105. The Morgan fingerprint density at radius 2 is 2.07 bits per heavy atom. The van der Waals surface area contributed by atoms with Gasteiger partial charge in [0.05, 0.1) is 15.6 Å². The van der Waals surface area contributed by atoms with Gasteiger partial charge < -0.3 is 20.1 Å². The zero-order valence-corrected chi connectivity index (χ0v) is 19.5. The number of amides is 2. The van der Waals surface area contributed by atoms with Crippen LogP contribution in [0.5, 0.6) is 11.5 Å². The van der Waals surface area contributed by atoms with Crippen LogP contribution in [0.4, 0.5) is 5.69 Å². The van der Waals surface area contributed by atoms with Gasteiger partial charge in [-0.2, -0.15) is 0 Å². The number of carbonyl (C=O) groups is 2. The van der Waals surface area contributed by atoms with Crippen molar-refractivity contribution in [2.45, 2.75) is 0 Å². The van der Waals surface area contributed by atoms with Gasteiger partial charge in [-0.3, -0.25) is 9.59 Å². The predicted molar refractivity (Wildman–Crippen MR) is 128 cm³/mol. The molecule has 1 heterocycles. The summed E-state index contributed by atoms with van der Waals surface area (Å²) in [4.78, 5) is 24.5. The van der Waals surface area contributed by atoms with Crippen molar-refractivity contribution in [2.24, 2.45) is 0 Å². The maximum Gasteiger partial charge on any atom is 0.263 e. The summed E-state index contributed by atoms with van der Waals surface area (Å²) < 4.78 is 12.2. The third-order valence-electron chi connectivity index (χ3n) is 3.67. The number of thiocarbonyl (C=S) groups is 1. The molecule has 0 spiro atoms. The summed E-state index contributed by atoms with van der Waals surface area (Å²) in [6.07, 6.45) is 1.72. The quantitative estimate of drug-likeness (QED) is 0.309. The molecule has 6 nitrogen and oxygen atoms in total. The zero-order chi connectivity index (χ0) is 21.0. The summed E-state index contributed by atoms with van der Waals surface area (Å²) in [6, 6.07) is 10.3. The average Bonchev–Trinajstić information content (AvgIpc) is 2.99. The van der Waals surface area contributed by atoms with Crippen molar-refractivity contribution in [3.63, 3.8) is 0 Å². The van der Waals surface area contributed by atoms with E-state index in [4.69, 9.17) is 33.3 Å². The Morgan fingerprint density at radius 3 is 2.69 bits per heavy atom. The van der Waals surface area contributed by atoms with E-state index in [1.165, 1.54) is 18.9 Å². The lowest BCUT2D eigenvalue weighted by atomic mass is 10.2. The van der Waals surface area contributed by atoms with Crippen molar-refractivity contribution >= 4 is 86.1 Å². The Balaban J connectivity index is 1.71. The van der Waals surface area contributed by atoms with E-state index in [-0.39, 0.29) is 18.4 Å². The van der Waals surface area contributed by atoms with Crippen LogP contribution in [0, 0.1) is 3.57 Å². The molecule has 0 aliphatic carbocycles. The molecule has 1 saturated heterocycles. The van der Waals surface area contributed by atoms with E-state index in [1.54, 1.807) is 36.4 Å². The summed E-state index contributed by atoms with van der Waals surface area (Å²) in [5.74, 6) is 0.353. The van der Waals surface area contributed by atoms with E-state index in [1.807, 2.05) is 6.07 Å². The van der Waals surface area contributed by atoms with Gasteiger partial charge in [0, 0.05) is 10.7 Å². The van der Waals surface area contributed by atoms with E-state index in [9.17, 15) is 9.59 Å². The monoisotopic (exact) mass is 560 g/mol. The minimum Gasteiger partial charge on any atom is -0.493 e. The number of benzene rings is 2. The number of halogens is 2. The molecule has 2 aromatic carbocycles. The fourth-order valence-electron chi connectivity index (χ4n) is 2.40. The van der Waals surface area contributed by atoms with Gasteiger partial charge in [0.25, 0.3) is 11.8 Å². The van der Waals surface area contributed by atoms with E-state index >= 15 is 0 Å². The molecule has 0 radical (unpaired) electrons. The number of rotatable bonds is 6. The summed E-state index contributed by atoms with van der Waals surface area (Å²) in [5, 5.41) is 5.89. The molecule has 29 heavy (non-hydrogen) atoms. The molecule has 3 rings (SSSR count). The number of methoxy groups -OCH3 is 1. The van der Waals surface area contributed by atoms with Crippen molar-refractivity contribution in [3.8, 4) is 11.5 Å². The summed E-state index contributed by atoms with van der Waals surface area (Å²) in [5.41, 5.74) is 1.38. The first kappa shape index (κ1) is 21.9. The van der Waals surface area contributed by atoms with Crippen LogP contribution in [0.2, 0.25) is 5.02 Å². The zero-order valence-electron chi connectivity index (χ0n) is 15.0. The maximum absolute atomic E-state index is 12.2. The third-order valence-corrected chi connectivity index (χ3v) is 5.88. The normalized spacial score (nSPS) is 14.7. The molecule has 1 aliphatic heterocycles. The van der Waals surface area contributed by atoms with Crippen LogP contribution in [0.15, 0.2) is 41.3 Å². The highest BCUT2D eigenvalue weighted by Gasteiger charge is 2.22. The van der Waals surface area contributed by atoms with Crippen molar-refractivity contribution in [1.29, 1.82) is 0 Å². The van der Waals surface area contributed by atoms with Crippen molar-refractivity contribution < 1.29 is 19.1 Å². The topological polar surface area (TPSA) is 76.7 Å². The number of ether oxygens (including phenoxy) is 2. The highest BCUT2D eigenvalue weighted by Crippen LogP contribution is 2.36. The van der Waals surface area contributed by atoms with Crippen LogP contribution >= 0.6 is 58.2 Å². The molecular formula is C19H14ClIN2O4S2. The molecule has 2 aromatic rings. The molecule has 0 unspecified atom stereocenters. The highest BCUT2D eigenvalue weighted by atomic mass is 127. The molecule has 10 heteroatoms. The molecule has 1 aliphatic rings. The van der Waals surface area contributed by atoms with E-state index in [0.29, 0.717) is 31.4 Å². The lowest BCUT2D eigenvalue weighted by Gasteiger charge is -2.14. The Labute approximate surface area is 195 Å². The lowest BCUT2D eigenvalue weighted by Crippen LogP contribution is -2.20. The second kappa shape index (κ2) is 9.79. The molecule has 0 saturated carbocycles. The molecule has 0 atom stereocenters. The van der Waals surface area contributed by atoms with Crippen LogP contribution in [0.1, 0.15) is 5.56 Å². The summed E-state index contributed by atoms with van der Waals surface area (Å²) >= 11 is 14.1. The molecule has 0 aromatic heterocycles. The van der Waals surface area contributed by atoms with Gasteiger partial charge >= 0.3 is 0 Å². The number of hydrogen-bond donors (Lipinski definition) is 2. The standard InChI is InChI=1S/C19H14ClIN2O4S2/c1-26-14-7-10(8-15-18(25)23-19(28)29-15)6-13(21)17(14)27-9-16(24)22-12-4-2-11(20)3-5-12/h2-8H,9H2,1H3,(H,22,24)(H,23,25,28)/b15-8-. The van der Waals surface area contributed by atoms with Crippen LogP contribution in [-0.2, 0) is 9.59 Å². The Kier molecular flexibility index (Phi) is 7.38. The fourth-order valence-corrected chi connectivity index (χ4v) is 4.35. The van der Waals surface area contributed by atoms with Gasteiger partial charge in [0.1, 0.15) is 4.32 Å². The molecular weight excluding hydrogens is 547 g/mol. The number of nitrogens with one attached hydrogen (secondary N) is 2. The Bertz CT molecular complexity index is 1010. The first-order chi connectivity index (χ1) is 13.9. The summed E-state index contributed by atoms with van der Waals surface area (Å²) in [7, 11) is 1.51. The second-order valence-corrected chi connectivity index (χ2v) is 9.05. The van der Waals surface area contributed by atoms with Gasteiger partial charge in [0.2, 0.25) is 0 Å². The molecule has 0 bridgehead atoms. The Hall–Kier alpha value is -1.82. The SMILES string of the molecule is COc1cc(/C=C2\SC(=S)NC2=O)cc(I)c1OCC(=O)Nc1ccc(Cl)cc1. The van der Waals surface area contributed by atoms with Gasteiger partial charge in [0.15, 0.2) is 18.1 Å². The average molecular weight is 561 g/mol. The Morgan fingerprint density at radius 1 is 1.34 bits per heavy atom. The maximum atomic E-state index is 12.2. The minimum atomic E-state index is -0.316. The number of hydrogen-bond acceptors (Lipinski definition) is 6. The third kappa shape index (κ3) is 5.84. The van der Waals surface area contributed by atoms with Gasteiger partial charge in [-0.15, -0.1) is 0 Å². The van der Waals surface area contributed by atoms with E-state index in [2.05, 4.69) is 33.2 Å². The van der Waals surface area contributed by atoms with Crippen LogP contribution in [0.25, 0.3) is 6.08 Å². The number of thioether (sulfide) groups is 1. The van der Waals surface area contributed by atoms with E-state index in [0.717, 1.165) is 9.13 Å². The van der Waals surface area contributed by atoms with Crippen LogP contribution < -0.4 is 20.1 Å².